The standard InChI is InChI=1S/C22H19NO3S/c24-22(25)26-21-18(17-10-3-4-12-19(17)23-21)11-6-14-27-20-13-5-8-15-7-1-2-9-16(15)20/h1-5,7-10,12-13,23H,6,11,14H2,(H,24,25). The average molecular weight is 377 g/mol. The third-order valence-corrected chi connectivity index (χ3v) is 5.70. The molecule has 2 N–H and O–H groups in total. The first kappa shape index (κ1) is 17.5. The first-order chi connectivity index (χ1) is 13.2. The summed E-state index contributed by atoms with van der Waals surface area (Å²) < 4.78 is 4.96. The maximum atomic E-state index is 11.0. The number of hydrogen-bond acceptors (Lipinski definition) is 3. The number of rotatable bonds is 6. The number of carbonyl (C=O) groups is 1. The van der Waals surface area contributed by atoms with Gasteiger partial charge in [-0.25, -0.2) is 4.79 Å². The Hall–Kier alpha value is -2.92. The normalized spacial score (nSPS) is 11.1. The van der Waals surface area contributed by atoms with Gasteiger partial charge in [0.1, 0.15) is 0 Å². The number of hydrogen-bond donors (Lipinski definition) is 2. The molecule has 4 aromatic rings. The summed E-state index contributed by atoms with van der Waals surface area (Å²) in [6.07, 6.45) is 0.378. The van der Waals surface area contributed by atoms with E-state index in [1.807, 2.05) is 36.0 Å². The van der Waals surface area contributed by atoms with Crippen molar-refractivity contribution in [2.24, 2.45) is 0 Å². The topological polar surface area (TPSA) is 62.3 Å². The average Bonchev–Trinajstić information content (AvgIpc) is 3.01. The van der Waals surface area contributed by atoms with E-state index in [9.17, 15) is 4.79 Å². The molecule has 4 rings (SSSR count). The molecular formula is C22H19NO3S. The van der Waals surface area contributed by atoms with E-state index in [1.165, 1.54) is 15.7 Å². The summed E-state index contributed by atoms with van der Waals surface area (Å²) in [5, 5.41) is 12.5. The number of fused-ring (bicyclic) bond motifs is 2. The van der Waals surface area contributed by atoms with Gasteiger partial charge in [-0.2, -0.15) is 0 Å². The van der Waals surface area contributed by atoms with Crippen LogP contribution < -0.4 is 4.74 Å². The molecule has 0 unspecified atom stereocenters. The molecule has 4 nitrogen and oxygen atoms in total. The predicted molar refractivity (Wildman–Crippen MR) is 110 cm³/mol. The summed E-state index contributed by atoms with van der Waals surface area (Å²) in [4.78, 5) is 15.3. The minimum Gasteiger partial charge on any atom is -0.449 e. The molecule has 1 heterocycles. The SMILES string of the molecule is O=C(O)Oc1[nH]c2ccccc2c1CCCSc1cccc2ccccc12. The van der Waals surface area contributed by atoms with E-state index in [4.69, 9.17) is 9.84 Å². The van der Waals surface area contributed by atoms with E-state index in [2.05, 4.69) is 47.4 Å². The molecular weight excluding hydrogens is 358 g/mol. The van der Waals surface area contributed by atoms with Crippen LogP contribution in [-0.4, -0.2) is 22.0 Å². The van der Waals surface area contributed by atoms with Gasteiger partial charge < -0.3 is 14.8 Å². The first-order valence-corrected chi connectivity index (χ1v) is 9.82. The van der Waals surface area contributed by atoms with Crippen LogP contribution in [0.4, 0.5) is 4.79 Å². The molecule has 0 saturated heterocycles. The van der Waals surface area contributed by atoms with Crippen LogP contribution in [0.25, 0.3) is 21.7 Å². The number of ether oxygens (including phenoxy) is 1. The highest BCUT2D eigenvalue weighted by Gasteiger charge is 2.15. The fraction of sp³-hybridized carbons (Fsp3) is 0.136. The molecule has 27 heavy (non-hydrogen) atoms. The van der Waals surface area contributed by atoms with Crippen LogP contribution in [0.3, 0.4) is 0 Å². The van der Waals surface area contributed by atoms with E-state index < -0.39 is 6.16 Å². The van der Waals surface area contributed by atoms with Gasteiger partial charge >= 0.3 is 6.16 Å². The monoisotopic (exact) mass is 377 g/mol. The van der Waals surface area contributed by atoms with E-state index in [-0.39, 0.29) is 0 Å². The Kier molecular flexibility index (Phi) is 5.03. The summed E-state index contributed by atoms with van der Waals surface area (Å²) in [6, 6.07) is 22.6. The number of thioether (sulfide) groups is 1. The predicted octanol–water partition coefficient (Wildman–Crippen LogP) is 6.10. The Morgan fingerprint density at radius 3 is 2.56 bits per heavy atom. The van der Waals surface area contributed by atoms with E-state index in [0.29, 0.717) is 5.88 Å². The fourth-order valence-electron chi connectivity index (χ4n) is 3.35. The van der Waals surface area contributed by atoms with Gasteiger partial charge in [0.25, 0.3) is 0 Å². The molecule has 0 aliphatic carbocycles. The van der Waals surface area contributed by atoms with Gasteiger partial charge in [0, 0.05) is 21.4 Å². The number of benzene rings is 3. The Bertz CT molecular complexity index is 1100. The lowest BCUT2D eigenvalue weighted by Gasteiger charge is -2.07. The Morgan fingerprint density at radius 1 is 0.963 bits per heavy atom. The molecule has 3 aromatic carbocycles. The maximum Gasteiger partial charge on any atom is 0.512 e. The Balaban J connectivity index is 1.48. The molecule has 136 valence electrons. The van der Waals surface area contributed by atoms with Crippen LogP contribution in [0.15, 0.2) is 71.6 Å². The van der Waals surface area contributed by atoms with Gasteiger partial charge in [0.15, 0.2) is 0 Å². The number of para-hydroxylation sites is 1. The van der Waals surface area contributed by atoms with Crippen molar-refractivity contribution in [3.8, 4) is 5.88 Å². The Labute approximate surface area is 161 Å². The molecule has 0 saturated carbocycles. The molecule has 1 aromatic heterocycles. The summed E-state index contributed by atoms with van der Waals surface area (Å²) in [5.74, 6) is 1.28. The minimum atomic E-state index is -1.30. The number of nitrogens with one attached hydrogen (secondary N) is 1. The zero-order valence-electron chi connectivity index (χ0n) is 14.6. The summed E-state index contributed by atoms with van der Waals surface area (Å²) in [7, 11) is 0. The fourth-order valence-corrected chi connectivity index (χ4v) is 4.38. The summed E-state index contributed by atoms with van der Waals surface area (Å²) >= 11 is 1.83. The molecule has 0 spiro atoms. The van der Waals surface area contributed by atoms with Gasteiger partial charge in [-0.3, -0.25) is 0 Å². The maximum absolute atomic E-state index is 11.0. The molecule has 0 bridgehead atoms. The lowest BCUT2D eigenvalue weighted by molar-refractivity contribution is 0.142. The zero-order chi connectivity index (χ0) is 18.6. The van der Waals surface area contributed by atoms with Crippen LogP contribution >= 0.6 is 11.8 Å². The summed E-state index contributed by atoms with van der Waals surface area (Å²) in [5.41, 5.74) is 1.82. The molecule has 5 heteroatoms. The molecule has 0 amide bonds. The van der Waals surface area contributed by atoms with Crippen molar-refractivity contribution in [2.75, 3.05) is 5.75 Å². The number of aryl methyl sites for hydroxylation is 1. The smallest absolute Gasteiger partial charge is 0.449 e. The van der Waals surface area contributed by atoms with Crippen molar-refractivity contribution in [3.63, 3.8) is 0 Å². The molecule has 0 aliphatic heterocycles. The van der Waals surface area contributed by atoms with Gasteiger partial charge in [-0.1, -0.05) is 54.6 Å². The van der Waals surface area contributed by atoms with Gasteiger partial charge in [0.2, 0.25) is 5.88 Å². The number of carboxylic acid groups (broad SMARTS) is 1. The van der Waals surface area contributed by atoms with E-state index >= 15 is 0 Å². The second-order valence-corrected chi connectivity index (χ2v) is 7.41. The third kappa shape index (κ3) is 3.78. The Morgan fingerprint density at radius 2 is 1.70 bits per heavy atom. The van der Waals surface area contributed by atoms with Crippen LogP contribution in [-0.2, 0) is 6.42 Å². The molecule has 0 atom stereocenters. The van der Waals surface area contributed by atoms with Crippen LogP contribution in [0, 0.1) is 0 Å². The quantitative estimate of drug-likeness (QED) is 0.242. The summed E-state index contributed by atoms with van der Waals surface area (Å²) in [6.45, 7) is 0. The van der Waals surface area contributed by atoms with Crippen molar-refractivity contribution < 1.29 is 14.6 Å². The highest BCUT2D eigenvalue weighted by Crippen LogP contribution is 2.32. The molecule has 0 fully saturated rings. The van der Waals surface area contributed by atoms with Crippen LogP contribution in [0.2, 0.25) is 0 Å². The van der Waals surface area contributed by atoms with Crippen molar-refractivity contribution in [3.05, 3.63) is 72.3 Å². The number of H-pyrrole nitrogens is 1. The van der Waals surface area contributed by atoms with Gasteiger partial charge in [0.05, 0.1) is 0 Å². The largest absolute Gasteiger partial charge is 0.512 e. The van der Waals surface area contributed by atoms with Gasteiger partial charge in [-0.15, -0.1) is 11.8 Å². The van der Waals surface area contributed by atoms with Crippen molar-refractivity contribution in [2.45, 2.75) is 17.7 Å². The minimum absolute atomic E-state index is 0.332. The van der Waals surface area contributed by atoms with Crippen LogP contribution in [0.1, 0.15) is 12.0 Å². The second kappa shape index (κ2) is 7.76. The van der Waals surface area contributed by atoms with Crippen molar-refractivity contribution >= 4 is 39.6 Å². The van der Waals surface area contributed by atoms with E-state index in [1.54, 1.807) is 0 Å². The molecule has 0 radical (unpaired) electrons. The zero-order valence-corrected chi connectivity index (χ0v) is 15.5. The van der Waals surface area contributed by atoms with Crippen LogP contribution in [0.5, 0.6) is 5.88 Å². The number of aromatic nitrogens is 1. The number of aromatic amines is 1. The lowest BCUT2D eigenvalue weighted by atomic mass is 10.1. The highest BCUT2D eigenvalue weighted by atomic mass is 32.2. The molecule has 0 aliphatic rings. The lowest BCUT2D eigenvalue weighted by Crippen LogP contribution is -2.05. The van der Waals surface area contributed by atoms with Crippen molar-refractivity contribution in [1.82, 2.24) is 4.98 Å². The highest BCUT2D eigenvalue weighted by molar-refractivity contribution is 7.99. The third-order valence-electron chi connectivity index (χ3n) is 4.54. The van der Waals surface area contributed by atoms with E-state index in [0.717, 1.165) is 35.1 Å². The van der Waals surface area contributed by atoms with Gasteiger partial charge in [-0.05, 0) is 41.5 Å². The van der Waals surface area contributed by atoms with Crippen molar-refractivity contribution in [1.29, 1.82) is 0 Å². The second-order valence-electron chi connectivity index (χ2n) is 6.28. The first-order valence-electron chi connectivity index (χ1n) is 8.83.